The molecule has 1 atom stereocenters. The van der Waals surface area contributed by atoms with Crippen molar-refractivity contribution in [2.75, 3.05) is 18.5 Å². The predicted molar refractivity (Wildman–Crippen MR) is 62.9 cm³/mol. The number of anilines is 1. The lowest BCUT2D eigenvalue weighted by atomic mass is 10.2. The minimum absolute atomic E-state index is 0. The molecule has 14 heavy (non-hydrogen) atoms. The monoisotopic (exact) mass is 236 g/mol. The molecule has 80 valence electrons. The molecule has 0 spiro atoms. The molecule has 0 aliphatic carbocycles. The lowest BCUT2D eigenvalue weighted by Crippen LogP contribution is -2.37. The van der Waals surface area contributed by atoms with Gasteiger partial charge in [0.1, 0.15) is 12.4 Å². The summed E-state index contributed by atoms with van der Waals surface area (Å²) in [5.41, 5.74) is 6.56. The second kappa shape index (κ2) is 5.96. The van der Waals surface area contributed by atoms with Crippen molar-refractivity contribution in [3.05, 3.63) is 24.3 Å². The molecule has 1 aromatic rings. The molecule has 5 heteroatoms. The lowest BCUT2D eigenvalue weighted by molar-refractivity contribution is 0.287. The fourth-order valence-corrected chi connectivity index (χ4v) is 1.29. The number of ether oxygens (including phenoxy) is 1. The van der Waals surface area contributed by atoms with Crippen LogP contribution in [0, 0.1) is 0 Å². The van der Waals surface area contributed by atoms with Gasteiger partial charge in [0.15, 0.2) is 0 Å². The van der Waals surface area contributed by atoms with Gasteiger partial charge in [0, 0.05) is 6.54 Å². The highest BCUT2D eigenvalue weighted by molar-refractivity contribution is 5.85. The Morgan fingerprint density at radius 3 is 2.79 bits per heavy atom. The molecule has 3 N–H and O–H groups in total. The van der Waals surface area contributed by atoms with E-state index in [9.17, 15) is 0 Å². The Kier molecular flexibility index (Phi) is 5.69. The van der Waals surface area contributed by atoms with E-state index in [4.69, 9.17) is 10.5 Å². The first kappa shape index (κ1) is 13.4. The van der Waals surface area contributed by atoms with Gasteiger partial charge in [-0.1, -0.05) is 12.1 Å². The van der Waals surface area contributed by atoms with Crippen LogP contribution < -0.4 is 15.8 Å². The van der Waals surface area contributed by atoms with E-state index in [1.807, 2.05) is 24.3 Å². The van der Waals surface area contributed by atoms with E-state index in [-0.39, 0.29) is 30.9 Å². The van der Waals surface area contributed by atoms with E-state index in [2.05, 4.69) is 5.32 Å². The normalized spacial score (nSPS) is 17.6. The van der Waals surface area contributed by atoms with Crippen LogP contribution in [0.3, 0.4) is 0 Å². The Labute approximate surface area is 95.8 Å². The smallest absolute Gasteiger partial charge is 0.142 e. The van der Waals surface area contributed by atoms with E-state index in [1.165, 1.54) is 0 Å². The van der Waals surface area contributed by atoms with E-state index in [0.29, 0.717) is 13.2 Å². The van der Waals surface area contributed by atoms with Crippen LogP contribution in [-0.2, 0) is 0 Å². The van der Waals surface area contributed by atoms with Crippen LogP contribution >= 0.6 is 24.8 Å². The number of hydrogen-bond acceptors (Lipinski definition) is 3. The van der Waals surface area contributed by atoms with Gasteiger partial charge in [-0.05, 0) is 12.1 Å². The maximum Gasteiger partial charge on any atom is 0.142 e. The third kappa shape index (κ3) is 2.67. The number of para-hydroxylation sites is 2. The number of nitrogens with two attached hydrogens (primary N) is 1. The molecule has 2 rings (SSSR count). The molecule has 1 aliphatic rings. The summed E-state index contributed by atoms with van der Waals surface area (Å²) in [5, 5.41) is 3.30. The molecule has 1 aromatic carbocycles. The molecule has 1 unspecified atom stereocenters. The minimum atomic E-state index is 0. The van der Waals surface area contributed by atoms with Gasteiger partial charge in [-0.2, -0.15) is 0 Å². The molecule has 1 heterocycles. The Balaban J connectivity index is 0.000000845. The topological polar surface area (TPSA) is 47.3 Å². The average Bonchev–Trinajstić information content (AvgIpc) is 2.17. The van der Waals surface area contributed by atoms with E-state index >= 15 is 0 Å². The molecule has 0 fully saturated rings. The van der Waals surface area contributed by atoms with Crippen LogP contribution in [0.2, 0.25) is 0 Å². The average molecular weight is 237 g/mol. The Bertz CT molecular complexity index is 283. The van der Waals surface area contributed by atoms with Gasteiger partial charge in [-0.25, -0.2) is 0 Å². The molecule has 3 nitrogen and oxygen atoms in total. The van der Waals surface area contributed by atoms with Crippen molar-refractivity contribution in [1.29, 1.82) is 0 Å². The van der Waals surface area contributed by atoms with Gasteiger partial charge in [0.05, 0.1) is 11.7 Å². The van der Waals surface area contributed by atoms with Crippen molar-refractivity contribution >= 4 is 30.5 Å². The number of nitrogens with one attached hydrogen (secondary N) is 1. The van der Waals surface area contributed by atoms with E-state index < -0.39 is 0 Å². The van der Waals surface area contributed by atoms with Crippen LogP contribution in [0.1, 0.15) is 0 Å². The number of halogens is 2. The lowest BCUT2D eigenvalue weighted by Gasteiger charge is -2.26. The number of benzene rings is 1. The van der Waals surface area contributed by atoms with Gasteiger partial charge in [-0.15, -0.1) is 24.8 Å². The second-order valence-corrected chi connectivity index (χ2v) is 2.88. The maximum absolute atomic E-state index is 5.52. The third-order valence-electron chi connectivity index (χ3n) is 1.97. The molecule has 1 aliphatic heterocycles. The van der Waals surface area contributed by atoms with Crippen LogP contribution in [-0.4, -0.2) is 19.2 Å². The minimum Gasteiger partial charge on any atom is -0.489 e. The highest BCUT2D eigenvalue weighted by Gasteiger charge is 2.15. The molecule has 0 radical (unpaired) electrons. The summed E-state index contributed by atoms with van der Waals surface area (Å²) < 4.78 is 5.48. The number of fused-ring (bicyclic) bond motifs is 1. The van der Waals surface area contributed by atoms with Crippen molar-refractivity contribution in [2.45, 2.75) is 6.04 Å². The zero-order valence-corrected chi connectivity index (χ0v) is 9.24. The molecule has 0 amide bonds. The number of hydrogen-bond donors (Lipinski definition) is 2. The first-order chi connectivity index (χ1) is 5.90. The highest BCUT2D eigenvalue weighted by atomic mass is 35.5. The summed E-state index contributed by atoms with van der Waals surface area (Å²) in [6.07, 6.45) is 0. The summed E-state index contributed by atoms with van der Waals surface area (Å²) in [4.78, 5) is 0. The first-order valence-corrected chi connectivity index (χ1v) is 4.08. The summed E-state index contributed by atoms with van der Waals surface area (Å²) in [6, 6.07) is 8.14. The Morgan fingerprint density at radius 1 is 1.36 bits per heavy atom. The molecule has 0 saturated heterocycles. The van der Waals surface area contributed by atoms with E-state index in [0.717, 1.165) is 11.4 Å². The maximum atomic E-state index is 5.52. The van der Waals surface area contributed by atoms with Crippen molar-refractivity contribution in [2.24, 2.45) is 5.73 Å². The van der Waals surface area contributed by atoms with Crippen molar-refractivity contribution in [3.63, 3.8) is 0 Å². The van der Waals surface area contributed by atoms with Gasteiger partial charge in [-0.3, -0.25) is 0 Å². The highest BCUT2D eigenvalue weighted by Crippen LogP contribution is 2.27. The van der Waals surface area contributed by atoms with Gasteiger partial charge < -0.3 is 15.8 Å². The van der Waals surface area contributed by atoms with Crippen molar-refractivity contribution < 1.29 is 4.74 Å². The fourth-order valence-electron chi connectivity index (χ4n) is 1.29. The number of rotatable bonds is 1. The molecular formula is C9H14Cl2N2O. The van der Waals surface area contributed by atoms with Gasteiger partial charge in [0.25, 0.3) is 0 Å². The molecule has 0 aromatic heterocycles. The van der Waals surface area contributed by atoms with Crippen LogP contribution in [0.25, 0.3) is 0 Å². The van der Waals surface area contributed by atoms with Crippen molar-refractivity contribution in [1.82, 2.24) is 0 Å². The summed E-state index contributed by atoms with van der Waals surface area (Å²) >= 11 is 0. The Morgan fingerprint density at radius 2 is 2.07 bits per heavy atom. The zero-order valence-electron chi connectivity index (χ0n) is 7.60. The predicted octanol–water partition coefficient (Wildman–Crippen LogP) is 1.66. The standard InChI is InChI=1S/C9H12N2O.2ClH/c10-5-7-6-12-9-4-2-1-3-8(9)11-7;;/h1-4,7,11H,5-6,10H2;2*1H. The van der Waals surface area contributed by atoms with Crippen LogP contribution in [0.4, 0.5) is 5.69 Å². The van der Waals surface area contributed by atoms with E-state index in [1.54, 1.807) is 0 Å². The zero-order chi connectivity index (χ0) is 8.39. The third-order valence-corrected chi connectivity index (χ3v) is 1.97. The van der Waals surface area contributed by atoms with Crippen LogP contribution in [0.5, 0.6) is 5.75 Å². The molecule has 0 saturated carbocycles. The van der Waals surface area contributed by atoms with Gasteiger partial charge in [0.2, 0.25) is 0 Å². The molecular weight excluding hydrogens is 223 g/mol. The molecule has 0 bridgehead atoms. The van der Waals surface area contributed by atoms with Crippen LogP contribution in [0.15, 0.2) is 24.3 Å². The SMILES string of the molecule is Cl.Cl.NCC1COc2ccccc2N1. The first-order valence-electron chi connectivity index (χ1n) is 4.08. The summed E-state index contributed by atoms with van der Waals surface area (Å²) in [5.74, 6) is 0.919. The van der Waals surface area contributed by atoms with Crippen molar-refractivity contribution in [3.8, 4) is 5.75 Å². The Hall–Kier alpha value is -0.640. The summed E-state index contributed by atoms with van der Waals surface area (Å²) in [7, 11) is 0. The summed E-state index contributed by atoms with van der Waals surface area (Å²) in [6.45, 7) is 1.27. The largest absolute Gasteiger partial charge is 0.489 e. The second-order valence-electron chi connectivity index (χ2n) is 2.88. The quantitative estimate of drug-likeness (QED) is 0.780. The fraction of sp³-hybridized carbons (Fsp3) is 0.333. The van der Waals surface area contributed by atoms with Gasteiger partial charge >= 0.3 is 0 Å².